The molecule has 9 nitrogen and oxygen atoms in total. The Labute approximate surface area is 195 Å². The number of amides is 1. The van der Waals surface area contributed by atoms with Crippen LogP contribution in [0.3, 0.4) is 0 Å². The molecule has 2 aromatic carbocycles. The number of hydrogen-bond acceptors (Lipinski definition) is 7. The van der Waals surface area contributed by atoms with Crippen LogP contribution in [0.1, 0.15) is 15.9 Å². The molecule has 5 rings (SSSR count). The maximum absolute atomic E-state index is 13.1. The zero-order chi connectivity index (χ0) is 23.5. The average molecular weight is 471 g/mol. The van der Waals surface area contributed by atoms with Crippen LogP contribution in [-0.2, 0) is 16.4 Å². The van der Waals surface area contributed by atoms with Crippen molar-refractivity contribution in [1.29, 1.82) is 0 Å². The van der Waals surface area contributed by atoms with Crippen molar-refractivity contribution in [2.24, 2.45) is 0 Å². The summed E-state index contributed by atoms with van der Waals surface area (Å²) in [4.78, 5) is 29.3. The average Bonchev–Trinajstić information content (AvgIpc) is 3.36. The normalized spacial score (nSPS) is 11.4. The third kappa shape index (κ3) is 4.26. The third-order valence-corrected chi connectivity index (χ3v) is 6.93. The lowest BCUT2D eigenvalue weighted by molar-refractivity contribution is 0.0950. The largest absolute Gasteiger partial charge is 0.348 e. The molecular weight excluding hydrogens is 452 g/mol. The van der Waals surface area contributed by atoms with Crippen molar-refractivity contribution in [3.05, 3.63) is 103 Å². The van der Waals surface area contributed by atoms with Crippen LogP contribution in [0.15, 0.2) is 102 Å². The Balaban J connectivity index is 1.30. The van der Waals surface area contributed by atoms with Gasteiger partial charge in [0.1, 0.15) is 0 Å². The lowest BCUT2D eigenvalue weighted by Crippen LogP contribution is -2.23. The molecule has 1 amide bonds. The second-order valence-electron chi connectivity index (χ2n) is 7.41. The van der Waals surface area contributed by atoms with E-state index in [0.717, 1.165) is 5.56 Å². The standard InChI is InChI=1S/C24H18N6O3S/c31-23(19-15-29-24-27-11-12-30(24)16-19)28-14-17-5-7-20(8-6-17)34(32,33)21-4-1-3-18(13-21)22-25-9-2-10-26-22/h1-13,15-16H,14H2,(H,28,31). The molecule has 10 heteroatoms. The van der Waals surface area contributed by atoms with Gasteiger partial charge in [-0.2, -0.15) is 0 Å². The number of benzene rings is 2. The van der Waals surface area contributed by atoms with Gasteiger partial charge >= 0.3 is 0 Å². The molecule has 0 saturated carbocycles. The van der Waals surface area contributed by atoms with Gasteiger partial charge in [-0.05, 0) is 35.9 Å². The van der Waals surface area contributed by atoms with Crippen molar-refractivity contribution >= 4 is 21.5 Å². The predicted octanol–water partition coefficient (Wildman–Crippen LogP) is 2.95. The molecule has 0 unspecified atom stereocenters. The molecule has 3 heterocycles. The minimum Gasteiger partial charge on any atom is -0.348 e. The summed E-state index contributed by atoms with van der Waals surface area (Å²) in [6, 6.07) is 14.6. The Morgan fingerprint density at radius 3 is 2.47 bits per heavy atom. The first-order chi connectivity index (χ1) is 16.5. The molecule has 168 valence electrons. The van der Waals surface area contributed by atoms with Gasteiger partial charge in [0.05, 0.1) is 15.4 Å². The molecule has 0 aliphatic heterocycles. The SMILES string of the molecule is O=C(NCc1ccc(S(=O)(=O)c2cccc(-c3ncccn3)c2)cc1)c1cnc2nccn2c1. The molecule has 3 aromatic heterocycles. The zero-order valence-electron chi connectivity index (χ0n) is 17.7. The van der Waals surface area contributed by atoms with Crippen LogP contribution in [0, 0.1) is 0 Å². The van der Waals surface area contributed by atoms with Crippen molar-refractivity contribution in [3.8, 4) is 11.4 Å². The molecular formula is C24H18N6O3S. The Hall–Kier alpha value is -4.44. The molecule has 0 aliphatic rings. The van der Waals surface area contributed by atoms with Crippen molar-refractivity contribution in [2.45, 2.75) is 16.3 Å². The first-order valence-electron chi connectivity index (χ1n) is 10.3. The van der Waals surface area contributed by atoms with E-state index in [-0.39, 0.29) is 22.2 Å². The monoisotopic (exact) mass is 470 g/mol. The molecule has 0 radical (unpaired) electrons. The van der Waals surface area contributed by atoms with Crippen LogP contribution in [0.25, 0.3) is 17.2 Å². The van der Waals surface area contributed by atoms with Crippen molar-refractivity contribution in [2.75, 3.05) is 0 Å². The number of rotatable bonds is 6. The van der Waals surface area contributed by atoms with Gasteiger partial charge in [0.25, 0.3) is 5.91 Å². The molecule has 0 bridgehead atoms. The highest BCUT2D eigenvalue weighted by Gasteiger charge is 2.19. The predicted molar refractivity (Wildman–Crippen MR) is 124 cm³/mol. The summed E-state index contributed by atoms with van der Waals surface area (Å²) >= 11 is 0. The Bertz CT molecular complexity index is 1580. The highest BCUT2D eigenvalue weighted by Crippen LogP contribution is 2.25. The maximum Gasteiger partial charge on any atom is 0.254 e. The van der Waals surface area contributed by atoms with E-state index >= 15 is 0 Å². The van der Waals surface area contributed by atoms with Crippen LogP contribution in [0.2, 0.25) is 0 Å². The molecule has 5 aromatic rings. The number of fused-ring (bicyclic) bond motifs is 1. The van der Waals surface area contributed by atoms with Gasteiger partial charge in [0.2, 0.25) is 15.6 Å². The lowest BCUT2D eigenvalue weighted by atomic mass is 10.2. The van der Waals surface area contributed by atoms with Crippen LogP contribution >= 0.6 is 0 Å². The van der Waals surface area contributed by atoms with Gasteiger partial charge < -0.3 is 5.32 Å². The molecule has 0 saturated heterocycles. The van der Waals surface area contributed by atoms with E-state index in [2.05, 4.69) is 25.3 Å². The quantitative estimate of drug-likeness (QED) is 0.405. The maximum atomic E-state index is 13.1. The molecule has 0 spiro atoms. The first kappa shape index (κ1) is 21.4. The highest BCUT2D eigenvalue weighted by atomic mass is 32.2. The van der Waals surface area contributed by atoms with Gasteiger partial charge in [-0.25, -0.2) is 28.4 Å². The summed E-state index contributed by atoms with van der Waals surface area (Å²) in [5.74, 6) is 0.669. The second kappa shape index (κ2) is 8.83. The van der Waals surface area contributed by atoms with E-state index in [0.29, 0.717) is 22.7 Å². The number of imidazole rings is 1. The van der Waals surface area contributed by atoms with Crippen LogP contribution in [0.5, 0.6) is 0 Å². The summed E-state index contributed by atoms with van der Waals surface area (Å²) in [6.07, 6.45) is 9.63. The minimum atomic E-state index is -3.74. The van der Waals surface area contributed by atoms with Gasteiger partial charge in [0, 0.05) is 49.3 Å². The van der Waals surface area contributed by atoms with Crippen LogP contribution in [-0.4, -0.2) is 38.7 Å². The van der Waals surface area contributed by atoms with Crippen LogP contribution in [0.4, 0.5) is 0 Å². The molecule has 0 atom stereocenters. The second-order valence-corrected chi connectivity index (χ2v) is 9.36. The summed E-state index contributed by atoms with van der Waals surface area (Å²) in [5.41, 5.74) is 1.77. The minimum absolute atomic E-state index is 0.154. The van der Waals surface area contributed by atoms with E-state index in [1.54, 1.807) is 77.8 Å². The van der Waals surface area contributed by atoms with E-state index < -0.39 is 9.84 Å². The van der Waals surface area contributed by atoms with E-state index in [9.17, 15) is 13.2 Å². The van der Waals surface area contributed by atoms with E-state index in [1.807, 2.05) is 0 Å². The number of nitrogens with zero attached hydrogens (tertiary/aromatic N) is 5. The molecule has 0 fully saturated rings. The molecule has 1 N–H and O–H groups in total. The summed E-state index contributed by atoms with van der Waals surface area (Å²) < 4.78 is 27.9. The van der Waals surface area contributed by atoms with E-state index in [4.69, 9.17) is 0 Å². The van der Waals surface area contributed by atoms with Crippen molar-refractivity contribution in [3.63, 3.8) is 0 Å². The number of hydrogen-bond donors (Lipinski definition) is 1. The molecule has 34 heavy (non-hydrogen) atoms. The Kier molecular flexibility index (Phi) is 5.56. The number of sulfone groups is 1. The highest BCUT2D eigenvalue weighted by molar-refractivity contribution is 7.91. The lowest BCUT2D eigenvalue weighted by Gasteiger charge is -2.09. The number of carbonyl (C=O) groups is 1. The summed E-state index contributed by atoms with van der Waals surface area (Å²) in [6.45, 7) is 0.238. The smallest absolute Gasteiger partial charge is 0.254 e. The van der Waals surface area contributed by atoms with E-state index in [1.165, 1.54) is 18.3 Å². The number of aromatic nitrogens is 5. The summed E-state index contributed by atoms with van der Waals surface area (Å²) in [7, 11) is -3.74. The Morgan fingerprint density at radius 2 is 1.68 bits per heavy atom. The van der Waals surface area contributed by atoms with Crippen molar-refractivity contribution < 1.29 is 13.2 Å². The Morgan fingerprint density at radius 1 is 0.882 bits per heavy atom. The summed E-state index contributed by atoms with van der Waals surface area (Å²) in [5, 5.41) is 2.81. The molecule has 0 aliphatic carbocycles. The fraction of sp³-hybridized carbons (Fsp3) is 0.0417. The van der Waals surface area contributed by atoms with Gasteiger partial charge in [0.15, 0.2) is 5.82 Å². The zero-order valence-corrected chi connectivity index (χ0v) is 18.6. The van der Waals surface area contributed by atoms with Gasteiger partial charge in [-0.3, -0.25) is 9.20 Å². The number of carbonyl (C=O) groups excluding carboxylic acids is 1. The number of nitrogens with one attached hydrogen (secondary N) is 1. The van der Waals surface area contributed by atoms with Gasteiger partial charge in [-0.1, -0.05) is 24.3 Å². The van der Waals surface area contributed by atoms with Gasteiger partial charge in [-0.15, -0.1) is 0 Å². The topological polar surface area (TPSA) is 119 Å². The fourth-order valence-electron chi connectivity index (χ4n) is 3.39. The van der Waals surface area contributed by atoms with Crippen LogP contribution < -0.4 is 5.32 Å². The van der Waals surface area contributed by atoms with Crippen molar-refractivity contribution in [1.82, 2.24) is 29.7 Å². The third-order valence-electron chi connectivity index (χ3n) is 5.16. The first-order valence-corrected chi connectivity index (χ1v) is 11.8. The fourth-order valence-corrected chi connectivity index (χ4v) is 4.70.